The van der Waals surface area contributed by atoms with Crippen LogP contribution < -0.4 is 11.2 Å². The molecule has 1 atom stereocenters. The van der Waals surface area contributed by atoms with Crippen molar-refractivity contribution in [2.45, 2.75) is 12.6 Å². The number of para-hydroxylation sites is 1. The number of hydrogen-bond acceptors (Lipinski definition) is 4. The van der Waals surface area contributed by atoms with E-state index in [1.54, 1.807) is 25.2 Å². The highest BCUT2D eigenvalue weighted by Crippen LogP contribution is 2.42. The summed E-state index contributed by atoms with van der Waals surface area (Å²) < 4.78 is 10.8. The second-order valence-corrected chi connectivity index (χ2v) is 7.49. The molecule has 0 saturated heterocycles. The maximum Gasteiger partial charge on any atom is 0.331 e. The molecule has 0 aliphatic carbocycles. The third-order valence-corrected chi connectivity index (χ3v) is 5.82. The van der Waals surface area contributed by atoms with Crippen LogP contribution >= 0.6 is 0 Å². The molecule has 30 heavy (non-hydrogen) atoms. The zero-order valence-electron chi connectivity index (χ0n) is 16.7. The largest absolute Gasteiger partial charge is 0.508 e. The number of phenolic OH excluding ortho intramolecular Hbond substituents is 1. The molecule has 0 radical (unpaired) electrons. The zero-order chi connectivity index (χ0) is 21.0. The van der Waals surface area contributed by atoms with Crippen LogP contribution in [-0.4, -0.2) is 25.4 Å². The molecular weight excluding hydrogens is 382 g/mol. The number of aromatic hydroxyl groups is 1. The minimum Gasteiger partial charge on any atom is -0.508 e. The first kappa shape index (κ1) is 18.4. The topological polar surface area (TPSA) is 78.4 Å². The van der Waals surface area contributed by atoms with E-state index in [1.807, 2.05) is 36.4 Å². The molecule has 7 nitrogen and oxygen atoms in total. The third kappa shape index (κ3) is 2.48. The van der Waals surface area contributed by atoms with Crippen molar-refractivity contribution < 1.29 is 9.84 Å². The summed E-state index contributed by atoms with van der Waals surface area (Å²) in [5.41, 5.74) is 2.75. The number of fused-ring (bicyclic) bond motifs is 3. The van der Waals surface area contributed by atoms with E-state index >= 15 is 0 Å². The van der Waals surface area contributed by atoms with Gasteiger partial charge in [0.15, 0.2) is 0 Å². The predicted octanol–water partition coefficient (Wildman–Crippen LogP) is 2.53. The van der Waals surface area contributed by atoms with E-state index in [-0.39, 0.29) is 11.3 Å². The van der Waals surface area contributed by atoms with E-state index in [9.17, 15) is 14.7 Å². The van der Waals surface area contributed by atoms with Crippen molar-refractivity contribution in [3.8, 4) is 17.0 Å². The van der Waals surface area contributed by atoms with Crippen LogP contribution in [0.25, 0.3) is 22.2 Å². The number of ether oxygens (including phenoxy) is 1. The van der Waals surface area contributed by atoms with Crippen LogP contribution in [0.2, 0.25) is 0 Å². The van der Waals surface area contributed by atoms with Gasteiger partial charge in [-0.3, -0.25) is 13.9 Å². The van der Waals surface area contributed by atoms with Gasteiger partial charge in [-0.05, 0) is 11.6 Å². The van der Waals surface area contributed by atoms with Gasteiger partial charge in [-0.15, -0.1) is 0 Å². The molecule has 0 spiro atoms. The van der Waals surface area contributed by atoms with Crippen LogP contribution in [0.1, 0.15) is 17.4 Å². The average molecular weight is 403 g/mol. The fourth-order valence-corrected chi connectivity index (χ4v) is 4.42. The van der Waals surface area contributed by atoms with E-state index < -0.39 is 11.8 Å². The normalized spacial score (nSPS) is 16.0. The lowest BCUT2D eigenvalue weighted by atomic mass is 10.0. The Hall–Kier alpha value is -3.58. The Kier molecular flexibility index (Phi) is 4.15. The maximum atomic E-state index is 13.3. The van der Waals surface area contributed by atoms with E-state index in [1.165, 1.54) is 11.6 Å². The molecule has 0 fully saturated rings. The van der Waals surface area contributed by atoms with Gasteiger partial charge < -0.3 is 14.4 Å². The van der Waals surface area contributed by atoms with Crippen LogP contribution in [-0.2, 0) is 25.4 Å². The van der Waals surface area contributed by atoms with Crippen LogP contribution in [0.4, 0.5) is 0 Å². The molecule has 1 aliphatic heterocycles. The highest BCUT2D eigenvalue weighted by atomic mass is 16.5. The SMILES string of the molecule is Cn1c(=O)c2c(-c3ccccc3)n3c(c2n(C)c1=O)[C@H](c1ccccc1O)OCC3. The molecule has 2 aromatic heterocycles. The number of hydrogen-bond donors (Lipinski definition) is 1. The van der Waals surface area contributed by atoms with E-state index in [4.69, 9.17) is 4.74 Å². The second kappa shape index (κ2) is 6.74. The first-order valence-electron chi connectivity index (χ1n) is 9.77. The molecular formula is C23H21N3O4. The Morgan fingerprint density at radius 2 is 1.67 bits per heavy atom. The van der Waals surface area contributed by atoms with Crippen molar-refractivity contribution in [1.82, 2.24) is 13.7 Å². The molecule has 1 aliphatic rings. The summed E-state index contributed by atoms with van der Waals surface area (Å²) in [6.07, 6.45) is -0.599. The predicted molar refractivity (Wildman–Crippen MR) is 114 cm³/mol. The molecule has 3 heterocycles. The summed E-state index contributed by atoms with van der Waals surface area (Å²) in [5, 5.41) is 11.0. The second-order valence-electron chi connectivity index (χ2n) is 7.49. The Bertz CT molecular complexity index is 1400. The Morgan fingerprint density at radius 3 is 2.40 bits per heavy atom. The van der Waals surface area contributed by atoms with Gasteiger partial charge >= 0.3 is 5.69 Å². The molecule has 0 saturated carbocycles. The summed E-state index contributed by atoms with van der Waals surface area (Å²) in [7, 11) is 3.16. The maximum absolute atomic E-state index is 13.3. The number of aromatic nitrogens is 3. The van der Waals surface area contributed by atoms with Gasteiger partial charge in [-0.1, -0.05) is 48.5 Å². The Labute approximate surface area is 172 Å². The number of benzene rings is 2. The van der Waals surface area contributed by atoms with Crippen molar-refractivity contribution in [2.75, 3.05) is 6.61 Å². The van der Waals surface area contributed by atoms with Gasteiger partial charge in [0.2, 0.25) is 0 Å². The number of rotatable bonds is 2. The summed E-state index contributed by atoms with van der Waals surface area (Å²) in [4.78, 5) is 26.0. The van der Waals surface area contributed by atoms with Gasteiger partial charge in [-0.2, -0.15) is 0 Å². The molecule has 5 rings (SSSR count). The van der Waals surface area contributed by atoms with Crippen molar-refractivity contribution in [3.63, 3.8) is 0 Å². The lowest BCUT2D eigenvalue weighted by Gasteiger charge is -2.28. The smallest absolute Gasteiger partial charge is 0.331 e. The number of nitrogens with zero attached hydrogens (tertiary/aromatic N) is 3. The van der Waals surface area contributed by atoms with Gasteiger partial charge in [0.05, 0.1) is 28.9 Å². The minimum atomic E-state index is -0.599. The first-order valence-corrected chi connectivity index (χ1v) is 9.77. The van der Waals surface area contributed by atoms with Gasteiger partial charge in [0.25, 0.3) is 5.56 Å². The molecule has 2 aromatic carbocycles. The van der Waals surface area contributed by atoms with E-state index in [0.29, 0.717) is 35.3 Å². The quantitative estimate of drug-likeness (QED) is 0.558. The Balaban J connectivity index is 1.98. The van der Waals surface area contributed by atoms with Gasteiger partial charge in [-0.25, -0.2) is 4.79 Å². The lowest BCUT2D eigenvalue weighted by Crippen LogP contribution is -2.37. The fourth-order valence-electron chi connectivity index (χ4n) is 4.42. The van der Waals surface area contributed by atoms with E-state index in [0.717, 1.165) is 15.8 Å². The third-order valence-electron chi connectivity index (χ3n) is 5.82. The summed E-state index contributed by atoms with van der Waals surface area (Å²) in [5.74, 6) is 0.111. The van der Waals surface area contributed by atoms with Crippen LogP contribution in [0.5, 0.6) is 5.75 Å². The fraction of sp³-hybridized carbons (Fsp3) is 0.217. The molecule has 0 unspecified atom stereocenters. The zero-order valence-corrected chi connectivity index (χ0v) is 16.7. The van der Waals surface area contributed by atoms with Crippen LogP contribution in [0.15, 0.2) is 64.2 Å². The molecule has 7 heteroatoms. The molecule has 4 aromatic rings. The molecule has 152 valence electrons. The average Bonchev–Trinajstić information content (AvgIpc) is 3.13. The summed E-state index contributed by atoms with van der Waals surface area (Å²) in [6.45, 7) is 0.955. The molecule has 1 N–H and O–H groups in total. The molecule has 0 bridgehead atoms. The monoisotopic (exact) mass is 403 g/mol. The standard InChI is InChI=1S/C23H21N3O4/c1-24-19-17(22(28)25(2)23(24)29)18(14-8-4-3-5-9-14)26-12-13-30-21(20(19)26)15-10-6-7-11-16(15)27/h3-11,21,27H,12-13H2,1-2H3/t21-/m0/s1. The summed E-state index contributed by atoms with van der Waals surface area (Å²) in [6, 6.07) is 16.7. The van der Waals surface area contributed by atoms with Gasteiger partial charge in [0.1, 0.15) is 11.9 Å². The van der Waals surface area contributed by atoms with Gasteiger partial charge in [0, 0.05) is 26.2 Å². The number of phenols is 1. The first-order chi connectivity index (χ1) is 14.5. The highest BCUT2D eigenvalue weighted by molar-refractivity contribution is 5.96. The summed E-state index contributed by atoms with van der Waals surface area (Å²) >= 11 is 0. The highest BCUT2D eigenvalue weighted by Gasteiger charge is 2.33. The van der Waals surface area contributed by atoms with Crippen LogP contribution in [0, 0.1) is 0 Å². The van der Waals surface area contributed by atoms with Crippen LogP contribution in [0.3, 0.4) is 0 Å². The van der Waals surface area contributed by atoms with Crippen molar-refractivity contribution >= 4 is 10.9 Å². The Morgan fingerprint density at radius 1 is 0.967 bits per heavy atom. The van der Waals surface area contributed by atoms with Crippen molar-refractivity contribution in [1.29, 1.82) is 0 Å². The lowest BCUT2D eigenvalue weighted by molar-refractivity contribution is 0.0464. The minimum absolute atomic E-state index is 0.111. The molecule has 0 amide bonds. The number of aryl methyl sites for hydroxylation is 1. The van der Waals surface area contributed by atoms with Crippen molar-refractivity contribution in [2.24, 2.45) is 14.1 Å². The van der Waals surface area contributed by atoms with E-state index in [2.05, 4.69) is 4.57 Å². The van der Waals surface area contributed by atoms with Crippen molar-refractivity contribution in [3.05, 3.63) is 86.7 Å².